The van der Waals surface area contributed by atoms with E-state index in [1.807, 2.05) is 11.3 Å². The lowest BCUT2D eigenvalue weighted by atomic mass is 9.90. The Bertz CT molecular complexity index is 439. The quantitative estimate of drug-likeness (QED) is 0.859. The van der Waals surface area contributed by atoms with Crippen LogP contribution in [0.2, 0.25) is 0 Å². The van der Waals surface area contributed by atoms with Gasteiger partial charge in [0, 0.05) is 45.9 Å². The molecule has 2 heterocycles. The Morgan fingerprint density at radius 1 is 1.45 bits per heavy atom. The van der Waals surface area contributed by atoms with Crippen LogP contribution in [0.1, 0.15) is 50.3 Å². The van der Waals surface area contributed by atoms with Crippen molar-refractivity contribution in [2.75, 3.05) is 13.1 Å². The van der Waals surface area contributed by atoms with Gasteiger partial charge in [-0.05, 0) is 41.3 Å². The molecule has 2 nitrogen and oxygen atoms in total. The first kappa shape index (κ1) is 15.0. The number of nitrogens with one attached hydrogen (secondary N) is 1. The van der Waals surface area contributed by atoms with Gasteiger partial charge in [0.05, 0.1) is 0 Å². The molecule has 2 fully saturated rings. The molecule has 1 saturated heterocycles. The van der Waals surface area contributed by atoms with Gasteiger partial charge in [-0.2, -0.15) is 0 Å². The third-order valence-corrected chi connectivity index (χ3v) is 6.65. The molecule has 1 unspecified atom stereocenters. The third kappa shape index (κ3) is 3.13. The van der Waals surface area contributed by atoms with Crippen molar-refractivity contribution in [3.8, 4) is 0 Å². The van der Waals surface area contributed by atoms with Crippen molar-refractivity contribution in [2.24, 2.45) is 0 Å². The van der Waals surface area contributed by atoms with Gasteiger partial charge >= 0.3 is 0 Å². The standard InChI is InChI=1S/C16H25BrN2S/c1-2-5-14-9-19(10-15-8-13(17)11-20-15)16(12-18-14)6-3-4-7-16/h8,11,14,18H,2-7,9-10,12H2,1H3. The van der Waals surface area contributed by atoms with E-state index in [4.69, 9.17) is 0 Å². The predicted octanol–water partition coefficient (Wildman–Crippen LogP) is 4.40. The maximum absolute atomic E-state index is 3.83. The van der Waals surface area contributed by atoms with Gasteiger partial charge in [0.2, 0.25) is 0 Å². The highest BCUT2D eigenvalue weighted by molar-refractivity contribution is 9.10. The fraction of sp³-hybridized carbons (Fsp3) is 0.750. The van der Waals surface area contributed by atoms with E-state index >= 15 is 0 Å². The van der Waals surface area contributed by atoms with Crippen LogP contribution in [0.3, 0.4) is 0 Å². The van der Waals surface area contributed by atoms with Crippen molar-refractivity contribution in [2.45, 2.75) is 63.6 Å². The summed E-state index contributed by atoms with van der Waals surface area (Å²) >= 11 is 5.48. The molecule has 1 aromatic heterocycles. The molecule has 1 saturated carbocycles. The highest BCUT2D eigenvalue weighted by Gasteiger charge is 2.43. The van der Waals surface area contributed by atoms with E-state index in [2.05, 4.69) is 44.5 Å². The SMILES string of the molecule is CCCC1CN(Cc2cc(Br)cs2)C2(CCCC2)CN1. The first-order valence-electron chi connectivity index (χ1n) is 7.93. The lowest BCUT2D eigenvalue weighted by Crippen LogP contribution is -2.63. The van der Waals surface area contributed by atoms with Crippen LogP contribution in [0, 0.1) is 0 Å². The Morgan fingerprint density at radius 2 is 2.25 bits per heavy atom. The summed E-state index contributed by atoms with van der Waals surface area (Å²) in [6, 6.07) is 2.99. The Morgan fingerprint density at radius 3 is 2.90 bits per heavy atom. The van der Waals surface area contributed by atoms with E-state index in [1.54, 1.807) is 0 Å². The number of halogens is 1. The fourth-order valence-corrected chi connectivity index (χ4v) is 5.36. The Balaban J connectivity index is 1.74. The summed E-state index contributed by atoms with van der Waals surface area (Å²) in [5.41, 5.74) is 0.445. The van der Waals surface area contributed by atoms with E-state index in [9.17, 15) is 0 Å². The number of thiophene rings is 1. The molecule has 1 spiro atoms. The van der Waals surface area contributed by atoms with Gasteiger partial charge < -0.3 is 5.32 Å². The molecule has 1 atom stereocenters. The molecular weight excluding hydrogens is 332 g/mol. The second-order valence-corrected chi connectivity index (χ2v) is 8.32. The van der Waals surface area contributed by atoms with Crippen molar-refractivity contribution < 1.29 is 0 Å². The van der Waals surface area contributed by atoms with Crippen LogP contribution >= 0.6 is 27.3 Å². The molecule has 2 aliphatic rings. The second kappa shape index (κ2) is 6.47. The van der Waals surface area contributed by atoms with Crippen molar-refractivity contribution in [3.63, 3.8) is 0 Å². The second-order valence-electron chi connectivity index (χ2n) is 6.41. The first-order chi connectivity index (χ1) is 9.72. The van der Waals surface area contributed by atoms with Crippen molar-refractivity contribution >= 4 is 27.3 Å². The summed E-state index contributed by atoms with van der Waals surface area (Å²) in [6.45, 7) is 5.86. The zero-order valence-electron chi connectivity index (χ0n) is 12.3. The monoisotopic (exact) mass is 356 g/mol. The smallest absolute Gasteiger partial charge is 0.0338 e. The van der Waals surface area contributed by atoms with Gasteiger partial charge in [-0.25, -0.2) is 0 Å². The Hall–Kier alpha value is 0.1000. The molecule has 0 amide bonds. The molecule has 1 aromatic rings. The van der Waals surface area contributed by atoms with E-state index in [-0.39, 0.29) is 0 Å². The highest BCUT2D eigenvalue weighted by Crippen LogP contribution is 2.38. The summed E-state index contributed by atoms with van der Waals surface area (Å²) in [4.78, 5) is 4.30. The van der Waals surface area contributed by atoms with Gasteiger partial charge in [-0.15, -0.1) is 11.3 Å². The van der Waals surface area contributed by atoms with Gasteiger partial charge in [0.25, 0.3) is 0 Å². The van der Waals surface area contributed by atoms with Crippen molar-refractivity contribution in [3.05, 3.63) is 20.8 Å². The molecule has 4 heteroatoms. The molecule has 1 N–H and O–H groups in total. The number of rotatable bonds is 4. The summed E-state index contributed by atoms with van der Waals surface area (Å²) in [7, 11) is 0. The molecule has 112 valence electrons. The van der Waals surface area contributed by atoms with Crippen LogP contribution in [-0.4, -0.2) is 29.6 Å². The fourth-order valence-electron chi connectivity index (χ4n) is 3.90. The molecule has 1 aliphatic heterocycles. The van der Waals surface area contributed by atoms with Crippen LogP contribution in [0.15, 0.2) is 15.9 Å². The van der Waals surface area contributed by atoms with E-state index in [0.29, 0.717) is 11.6 Å². The topological polar surface area (TPSA) is 15.3 Å². The predicted molar refractivity (Wildman–Crippen MR) is 90.3 cm³/mol. The van der Waals surface area contributed by atoms with Crippen LogP contribution in [0.4, 0.5) is 0 Å². The molecule has 1 aliphatic carbocycles. The molecule has 0 radical (unpaired) electrons. The molecule has 20 heavy (non-hydrogen) atoms. The van der Waals surface area contributed by atoms with Gasteiger partial charge in [0.1, 0.15) is 0 Å². The summed E-state index contributed by atoms with van der Waals surface area (Å²) in [6.07, 6.45) is 8.16. The molecule has 0 aromatic carbocycles. The Kier molecular flexibility index (Phi) is 4.86. The lowest BCUT2D eigenvalue weighted by Gasteiger charge is -2.48. The van der Waals surface area contributed by atoms with Crippen molar-refractivity contribution in [1.29, 1.82) is 0 Å². The Labute approximate surface area is 135 Å². The normalized spacial score (nSPS) is 26.4. The summed E-state index contributed by atoms with van der Waals surface area (Å²) in [5.74, 6) is 0. The average molecular weight is 357 g/mol. The highest BCUT2D eigenvalue weighted by atomic mass is 79.9. The maximum Gasteiger partial charge on any atom is 0.0338 e. The number of hydrogen-bond acceptors (Lipinski definition) is 3. The number of piperazine rings is 1. The summed E-state index contributed by atoms with van der Waals surface area (Å²) in [5, 5.41) is 6.04. The minimum absolute atomic E-state index is 0.445. The average Bonchev–Trinajstić information content (AvgIpc) is 3.05. The summed E-state index contributed by atoms with van der Waals surface area (Å²) < 4.78 is 1.23. The van der Waals surface area contributed by atoms with Crippen LogP contribution in [0.25, 0.3) is 0 Å². The van der Waals surface area contributed by atoms with E-state index < -0.39 is 0 Å². The van der Waals surface area contributed by atoms with E-state index in [1.165, 1.54) is 61.0 Å². The zero-order chi connectivity index (χ0) is 14.0. The number of hydrogen-bond donors (Lipinski definition) is 1. The van der Waals surface area contributed by atoms with Crippen LogP contribution in [0.5, 0.6) is 0 Å². The molecule has 0 bridgehead atoms. The largest absolute Gasteiger partial charge is 0.311 e. The third-order valence-electron chi connectivity index (χ3n) is 4.97. The van der Waals surface area contributed by atoms with Gasteiger partial charge in [-0.3, -0.25) is 4.90 Å². The zero-order valence-corrected chi connectivity index (χ0v) is 14.7. The van der Waals surface area contributed by atoms with Gasteiger partial charge in [-0.1, -0.05) is 26.2 Å². The van der Waals surface area contributed by atoms with Gasteiger partial charge in [0.15, 0.2) is 0 Å². The van der Waals surface area contributed by atoms with Crippen LogP contribution < -0.4 is 5.32 Å². The molecule has 3 rings (SSSR count). The van der Waals surface area contributed by atoms with Crippen LogP contribution in [-0.2, 0) is 6.54 Å². The number of nitrogens with zero attached hydrogens (tertiary/aromatic N) is 1. The minimum atomic E-state index is 0.445. The lowest BCUT2D eigenvalue weighted by molar-refractivity contribution is 0.0347. The minimum Gasteiger partial charge on any atom is -0.311 e. The molecular formula is C16H25BrN2S. The van der Waals surface area contributed by atoms with Crippen molar-refractivity contribution in [1.82, 2.24) is 10.2 Å². The van der Waals surface area contributed by atoms with E-state index in [0.717, 1.165) is 6.54 Å². The maximum atomic E-state index is 3.83. The first-order valence-corrected chi connectivity index (χ1v) is 9.60.